The molecule has 0 aliphatic rings. The first-order valence-corrected chi connectivity index (χ1v) is 6.06. The number of aromatic nitrogens is 2. The Morgan fingerprint density at radius 1 is 1.73 bits per heavy atom. The van der Waals surface area contributed by atoms with Crippen molar-refractivity contribution >= 4 is 23.5 Å². The zero-order valence-electron chi connectivity index (χ0n) is 8.93. The number of aryl methyl sites for hydroxylation is 1. The van der Waals surface area contributed by atoms with Gasteiger partial charge in [-0.25, -0.2) is 0 Å². The predicted octanol–water partition coefficient (Wildman–Crippen LogP) is 0.494. The van der Waals surface area contributed by atoms with Crippen LogP contribution in [0.25, 0.3) is 0 Å². The molecule has 0 saturated carbocycles. The highest BCUT2D eigenvalue weighted by Crippen LogP contribution is 2.08. The maximum atomic E-state index is 11.8. The van der Waals surface area contributed by atoms with Gasteiger partial charge in [0.2, 0.25) is 0 Å². The number of anilines is 1. The third-order valence-corrected chi connectivity index (χ3v) is 2.66. The third kappa shape index (κ3) is 2.97. The lowest BCUT2D eigenvalue weighted by Gasteiger charge is -2.10. The largest absolute Gasteiger partial charge is 0.383 e. The van der Waals surface area contributed by atoms with Crippen molar-refractivity contribution < 1.29 is 4.79 Å². The first-order valence-electron chi connectivity index (χ1n) is 4.67. The normalized spacial score (nSPS) is 12.7. The molecule has 1 heterocycles. The molecule has 0 spiro atoms. The lowest BCUT2D eigenvalue weighted by molar-refractivity contribution is 0.0864. The zero-order valence-corrected chi connectivity index (χ0v) is 9.75. The molecule has 0 aliphatic heterocycles. The van der Waals surface area contributed by atoms with Crippen molar-refractivity contribution in [2.24, 2.45) is 5.73 Å². The van der Waals surface area contributed by atoms with Gasteiger partial charge in [-0.3, -0.25) is 4.79 Å². The second-order valence-electron chi connectivity index (χ2n) is 3.35. The Kier molecular flexibility index (Phi) is 4.16. The van der Waals surface area contributed by atoms with Gasteiger partial charge in [-0.1, -0.05) is 0 Å². The lowest BCUT2D eigenvalue weighted by Crippen LogP contribution is -2.36. The predicted molar refractivity (Wildman–Crippen MR) is 63.0 cm³/mol. The van der Waals surface area contributed by atoms with Crippen LogP contribution in [0.1, 0.15) is 16.9 Å². The first kappa shape index (κ1) is 12.1. The van der Waals surface area contributed by atoms with Crippen molar-refractivity contribution in [2.75, 3.05) is 17.7 Å². The van der Waals surface area contributed by atoms with Crippen molar-refractivity contribution in [1.82, 2.24) is 9.78 Å². The molecule has 5 nitrogen and oxygen atoms in total. The molecular formula is C9H16N4OS. The summed E-state index contributed by atoms with van der Waals surface area (Å²) >= 11 is 1.66. The van der Waals surface area contributed by atoms with Gasteiger partial charge in [0.1, 0.15) is 5.82 Å². The van der Waals surface area contributed by atoms with Crippen molar-refractivity contribution in [1.29, 1.82) is 0 Å². The van der Waals surface area contributed by atoms with Gasteiger partial charge in [-0.05, 0) is 25.4 Å². The lowest BCUT2D eigenvalue weighted by atomic mass is 10.2. The highest BCUT2D eigenvalue weighted by Gasteiger charge is 2.18. The van der Waals surface area contributed by atoms with Crippen LogP contribution in [-0.2, 0) is 0 Å². The average molecular weight is 228 g/mol. The van der Waals surface area contributed by atoms with E-state index >= 15 is 0 Å². The van der Waals surface area contributed by atoms with Crippen molar-refractivity contribution in [2.45, 2.75) is 19.4 Å². The Morgan fingerprint density at radius 2 is 2.40 bits per heavy atom. The van der Waals surface area contributed by atoms with E-state index in [2.05, 4.69) is 5.10 Å². The van der Waals surface area contributed by atoms with Crippen LogP contribution in [0.2, 0.25) is 0 Å². The van der Waals surface area contributed by atoms with E-state index in [-0.39, 0.29) is 5.91 Å². The SMILES string of the molecule is CSCC[C@H](N)C(=O)n1nc(C)cc1N. The fourth-order valence-electron chi connectivity index (χ4n) is 1.22. The standard InChI is InChI=1S/C9H16N4OS/c1-6-5-8(11)13(12-6)9(14)7(10)3-4-15-2/h5,7H,3-4,10-11H2,1-2H3/t7-/m0/s1. The second-order valence-corrected chi connectivity index (χ2v) is 4.33. The highest BCUT2D eigenvalue weighted by molar-refractivity contribution is 7.98. The van der Waals surface area contributed by atoms with Gasteiger partial charge in [0.25, 0.3) is 5.91 Å². The van der Waals surface area contributed by atoms with Crippen LogP contribution in [0.3, 0.4) is 0 Å². The van der Waals surface area contributed by atoms with E-state index in [0.29, 0.717) is 12.2 Å². The van der Waals surface area contributed by atoms with E-state index in [1.54, 1.807) is 24.8 Å². The van der Waals surface area contributed by atoms with E-state index in [1.807, 2.05) is 6.26 Å². The van der Waals surface area contributed by atoms with Gasteiger partial charge in [0.05, 0.1) is 11.7 Å². The molecule has 84 valence electrons. The zero-order chi connectivity index (χ0) is 11.4. The van der Waals surface area contributed by atoms with E-state index in [4.69, 9.17) is 11.5 Å². The smallest absolute Gasteiger partial charge is 0.265 e. The summed E-state index contributed by atoms with van der Waals surface area (Å²) in [5.74, 6) is 0.958. The molecule has 15 heavy (non-hydrogen) atoms. The van der Waals surface area contributed by atoms with Crippen LogP contribution in [0, 0.1) is 6.92 Å². The number of hydrogen-bond donors (Lipinski definition) is 2. The first-order chi connectivity index (χ1) is 7.06. The number of rotatable bonds is 4. The van der Waals surface area contributed by atoms with Gasteiger partial charge in [-0.15, -0.1) is 0 Å². The van der Waals surface area contributed by atoms with Crippen molar-refractivity contribution in [3.63, 3.8) is 0 Å². The van der Waals surface area contributed by atoms with Crippen LogP contribution in [0.4, 0.5) is 5.82 Å². The molecule has 0 aromatic carbocycles. The maximum absolute atomic E-state index is 11.8. The molecule has 4 N–H and O–H groups in total. The Morgan fingerprint density at radius 3 is 2.87 bits per heavy atom. The van der Waals surface area contributed by atoms with Crippen LogP contribution in [-0.4, -0.2) is 33.7 Å². The van der Waals surface area contributed by atoms with Gasteiger partial charge in [-0.2, -0.15) is 21.5 Å². The fraction of sp³-hybridized carbons (Fsp3) is 0.556. The summed E-state index contributed by atoms with van der Waals surface area (Å²) in [7, 11) is 0. The number of nitrogens with zero attached hydrogens (tertiary/aromatic N) is 2. The van der Waals surface area contributed by atoms with E-state index < -0.39 is 6.04 Å². The molecule has 1 aromatic heterocycles. The van der Waals surface area contributed by atoms with Gasteiger partial charge in [0.15, 0.2) is 0 Å². The number of nitrogens with two attached hydrogens (primary N) is 2. The van der Waals surface area contributed by atoms with Crippen molar-refractivity contribution in [3.8, 4) is 0 Å². The minimum absolute atomic E-state index is 0.241. The Labute approximate surface area is 93.2 Å². The Bertz CT molecular complexity index is 350. The van der Waals surface area contributed by atoms with Crippen LogP contribution in [0.5, 0.6) is 0 Å². The maximum Gasteiger partial charge on any atom is 0.265 e. The number of nitrogen functional groups attached to an aromatic ring is 1. The molecule has 0 amide bonds. The number of carbonyl (C=O) groups excluding carboxylic acids is 1. The number of thioether (sulfide) groups is 1. The van der Waals surface area contributed by atoms with Crippen LogP contribution < -0.4 is 11.5 Å². The van der Waals surface area contributed by atoms with E-state index in [0.717, 1.165) is 11.4 Å². The summed E-state index contributed by atoms with van der Waals surface area (Å²) in [6.07, 6.45) is 2.61. The molecule has 6 heteroatoms. The second kappa shape index (κ2) is 5.18. The quantitative estimate of drug-likeness (QED) is 0.783. The number of carbonyl (C=O) groups is 1. The van der Waals surface area contributed by atoms with Gasteiger partial charge in [0, 0.05) is 6.07 Å². The Hall–Kier alpha value is -1.01. The summed E-state index contributed by atoms with van der Waals surface area (Å²) in [5.41, 5.74) is 12.1. The molecule has 1 rings (SSSR count). The summed E-state index contributed by atoms with van der Waals surface area (Å²) in [5, 5.41) is 3.99. The Balaban J connectivity index is 2.71. The van der Waals surface area contributed by atoms with E-state index in [9.17, 15) is 4.79 Å². The molecule has 0 aliphatic carbocycles. The molecule has 1 atom stereocenters. The molecule has 0 unspecified atom stereocenters. The molecule has 0 bridgehead atoms. The summed E-state index contributed by atoms with van der Waals surface area (Å²) in [4.78, 5) is 11.8. The van der Waals surface area contributed by atoms with E-state index in [1.165, 1.54) is 4.68 Å². The van der Waals surface area contributed by atoms with Crippen molar-refractivity contribution in [3.05, 3.63) is 11.8 Å². The highest BCUT2D eigenvalue weighted by atomic mass is 32.2. The molecule has 0 fully saturated rings. The minimum Gasteiger partial charge on any atom is -0.383 e. The van der Waals surface area contributed by atoms with Gasteiger partial charge < -0.3 is 11.5 Å². The average Bonchev–Trinajstić information content (AvgIpc) is 2.53. The van der Waals surface area contributed by atoms with Gasteiger partial charge >= 0.3 is 0 Å². The monoisotopic (exact) mass is 228 g/mol. The topological polar surface area (TPSA) is 86.9 Å². The number of hydrogen-bond acceptors (Lipinski definition) is 5. The van der Waals surface area contributed by atoms with Crippen LogP contribution in [0.15, 0.2) is 6.07 Å². The molecular weight excluding hydrogens is 212 g/mol. The molecule has 0 saturated heterocycles. The summed E-state index contributed by atoms with van der Waals surface area (Å²) in [6.45, 7) is 1.79. The fourth-order valence-corrected chi connectivity index (χ4v) is 1.71. The molecule has 0 radical (unpaired) electrons. The minimum atomic E-state index is -0.529. The summed E-state index contributed by atoms with van der Waals surface area (Å²) in [6, 6.07) is 1.12. The summed E-state index contributed by atoms with van der Waals surface area (Å²) < 4.78 is 1.18. The van der Waals surface area contributed by atoms with Crippen LogP contribution >= 0.6 is 11.8 Å². The molecule has 1 aromatic rings. The third-order valence-electron chi connectivity index (χ3n) is 2.02.